The van der Waals surface area contributed by atoms with E-state index in [9.17, 15) is 0 Å². The second-order valence-electron chi connectivity index (χ2n) is 5.26. The summed E-state index contributed by atoms with van der Waals surface area (Å²) in [4.78, 5) is 5.63. The molecule has 2 N–H and O–H groups in total. The predicted octanol–water partition coefficient (Wildman–Crippen LogP) is 4.06. The van der Waals surface area contributed by atoms with Crippen LogP contribution in [0.1, 0.15) is 10.6 Å². The number of nitrogens with one attached hydrogen (secondary N) is 2. The van der Waals surface area contributed by atoms with Gasteiger partial charge in [-0.15, -0.1) is 35.3 Å². The highest BCUT2D eigenvalue weighted by Gasteiger charge is 2.03. The zero-order chi connectivity index (χ0) is 15.9. The molecule has 0 unspecified atom stereocenters. The zero-order valence-corrected chi connectivity index (χ0v) is 16.8. The Bertz CT molecular complexity index is 735. The molecule has 2 heterocycles. The lowest BCUT2D eigenvalue weighted by Crippen LogP contribution is -2.39. The fraction of sp³-hybridized carbons (Fsp3) is 0.278. The summed E-state index contributed by atoms with van der Waals surface area (Å²) < 4.78 is 5.81. The van der Waals surface area contributed by atoms with Crippen LogP contribution in [-0.2, 0) is 12.8 Å². The first-order valence-electron chi connectivity index (χ1n) is 7.79. The summed E-state index contributed by atoms with van der Waals surface area (Å²) in [6.07, 6.45) is 1.85. The summed E-state index contributed by atoms with van der Waals surface area (Å²) in [6.45, 7) is 1.67. The number of fused-ring (bicyclic) bond motifs is 1. The quantitative estimate of drug-likeness (QED) is 0.335. The Labute approximate surface area is 163 Å². The average molecular weight is 455 g/mol. The molecule has 0 radical (unpaired) electrons. The minimum atomic E-state index is 0. The standard InChI is InChI=1S/C18H21N3OS.HI/c1-19-18(21-11-9-16-6-4-12-23-16)20-10-8-15-13-14-5-2-3-7-17(14)22-15;/h2-7,12-13H,8-11H2,1H3,(H2,19,20,21);1H. The van der Waals surface area contributed by atoms with E-state index in [1.54, 1.807) is 18.4 Å². The molecule has 0 aliphatic rings. The van der Waals surface area contributed by atoms with Gasteiger partial charge in [-0.3, -0.25) is 4.99 Å². The number of thiophene rings is 1. The Morgan fingerprint density at radius 2 is 1.88 bits per heavy atom. The van der Waals surface area contributed by atoms with E-state index in [0.29, 0.717) is 0 Å². The molecule has 0 aliphatic carbocycles. The largest absolute Gasteiger partial charge is 0.461 e. The molecule has 1 aromatic carbocycles. The molecule has 3 aromatic rings. The van der Waals surface area contributed by atoms with Gasteiger partial charge in [0, 0.05) is 36.8 Å². The number of furan rings is 1. The van der Waals surface area contributed by atoms with E-state index < -0.39 is 0 Å². The molecule has 128 valence electrons. The third-order valence-corrected chi connectivity index (χ3v) is 4.54. The topological polar surface area (TPSA) is 49.6 Å². The van der Waals surface area contributed by atoms with E-state index in [-0.39, 0.29) is 24.0 Å². The lowest BCUT2D eigenvalue weighted by molar-refractivity contribution is 0.544. The molecule has 0 amide bonds. The van der Waals surface area contributed by atoms with Crippen molar-refractivity contribution in [1.82, 2.24) is 10.6 Å². The van der Waals surface area contributed by atoms with Crippen LogP contribution in [0.2, 0.25) is 0 Å². The highest BCUT2D eigenvalue weighted by molar-refractivity contribution is 14.0. The highest BCUT2D eigenvalue weighted by Crippen LogP contribution is 2.18. The van der Waals surface area contributed by atoms with Crippen molar-refractivity contribution < 1.29 is 4.42 Å². The van der Waals surface area contributed by atoms with Crippen molar-refractivity contribution in [3.8, 4) is 0 Å². The number of aliphatic imine (C=N–C) groups is 1. The summed E-state index contributed by atoms with van der Waals surface area (Å²) in [5.41, 5.74) is 0.945. The van der Waals surface area contributed by atoms with Crippen LogP contribution >= 0.6 is 35.3 Å². The van der Waals surface area contributed by atoms with Gasteiger partial charge in [0.05, 0.1) is 0 Å². The van der Waals surface area contributed by atoms with Crippen molar-refractivity contribution in [2.75, 3.05) is 20.1 Å². The minimum absolute atomic E-state index is 0. The number of hydrogen-bond donors (Lipinski definition) is 2. The van der Waals surface area contributed by atoms with Crippen LogP contribution in [0.5, 0.6) is 0 Å². The number of nitrogens with zero attached hydrogens (tertiary/aromatic N) is 1. The number of benzene rings is 1. The van der Waals surface area contributed by atoms with Crippen molar-refractivity contribution in [2.24, 2.45) is 4.99 Å². The molecule has 0 atom stereocenters. The van der Waals surface area contributed by atoms with Gasteiger partial charge in [0.2, 0.25) is 0 Å². The van der Waals surface area contributed by atoms with Gasteiger partial charge in [0.15, 0.2) is 5.96 Å². The molecular formula is C18H22IN3OS. The van der Waals surface area contributed by atoms with Crippen molar-refractivity contribution in [1.29, 1.82) is 0 Å². The van der Waals surface area contributed by atoms with Crippen LogP contribution in [0, 0.1) is 0 Å². The SMILES string of the molecule is CN=C(NCCc1cc2ccccc2o1)NCCc1cccs1.I. The number of hydrogen-bond acceptors (Lipinski definition) is 3. The molecule has 0 bridgehead atoms. The predicted molar refractivity (Wildman–Crippen MR) is 113 cm³/mol. The Morgan fingerprint density at radius 3 is 2.58 bits per heavy atom. The smallest absolute Gasteiger partial charge is 0.191 e. The molecular weight excluding hydrogens is 433 g/mol. The Morgan fingerprint density at radius 1 is 1.08 bits per heavy atom. The fourth-order valence-corrected chi connectivity index (χ4v) is 3.15. The van der Waals surface area contributed by atoms with E-state index in [1.165, 1.54) is 4.88 Å². The maximum Gasteiger partial charge on any atom is 0.191 e. The first kappa shape index (κ1) is 18.8. The maximum absolute atomic E-state index is 5.81. The number of halogens is 1. The normalized spacial score (nSPS) is 11.3. The molecule has 0 saturated carbocycles. The highest BCUT2D eigenvalue weighted by atomic mass is 127. The Kier molecular flexibility index (Phi) is 7.58. The molecule has 0 saturated heterocycles. The van der Waals surface area contributed by atoms with Crippen molar-refractivity contribution >= 4 is 52.2 Å². The van der Waals surface area contributed by atoms with E-state index in [0.717, 1.165) is 48.6 Å². The van der Waals surface area contributed by atoms with Crippen molar-refractivity contribution in [2.45, 2.75) is 12.8 Å². The van der Waals surface area contributed by atoms with Gasteiger partial charge in [-0.05, 0) is 30.0 Å². The first-order valence-corrected chi connectivity index (χ1v) is 8.67. The third-order valence-electron chi connectivity index (χ3n) is 3.61. The molecule has 2 aromatic heterocycles. The summed E-state index contributed by atoms with van der Waals surface area (Å²) in [5.74, 6) is 1.82. The summed E-state index contributed by atoms with van der Waals surface area (Å²) in [7, 11) is 1.79. The lowest BCUT2D eigenvalue weighted by atomic mass is 10.2. The average Bonchev–Trinajstić information content (AvgIpc) is 3.22. The molecule has 3 rings (SSSR count). The van der Waals surface area contributed by atoms with Gasteiger partial charge in [0.1, 0.15) is 11.3 Å². The molecule has 24 heavy (non-hydrogen) atoms. The van der Waals surface area contributed by atoms with Crippen LogP contribution in [-0.4, -0.2) is 26.1 Å². The van der Waals surface area contributed by atoms with Crippen molar-refractivity contribution in [3.63, 3.8) is 0 Å². The van der Waals surface area contributed by atoms with E-state index in [4.69, 9.17) is 4.42 Å². The van der Waals surface area contributed by atoms with Crippen molar-refractivity contribution in [3.05, 3.63) is 58.5 Å². The maximum atomic E-state index is 5.81. The van der Waals surface area contributed by atoms with Gasteiger partial charge in [-0.1, -0.05) is 24.3 Å². The molecule has 6 heteroatoms. The van der Waals surface area contributed by atoms with Crippen LogP contribution in [0.3, 0.4) is 0 Å². The van der Waals surface area contributed by atoms with Crippen LogP contribution < -0.4 is 10.6 Å². The van der Waals surface area contributed by atoms with Gasteiger partial charge in [-0.2, -0.15) is 0 Å². The second kappa shape index (κ2) is 9.68. The molecule has 0 fully saturated rings. The van der Waals surface area contributed by atoms with Crippen LogP contribution in [0.25, 0.3) is 11.0 Å². The molecule has 0 spiro atoms. The Balaban J connectivity index is 0.00000208. The minimum Gasteiger partial charge on any atom is -0.461 e. The zero-order valence-electron chi connectivity index (χ0n) is 13.6. The van der Waals surface area contributed by atoms with E-state index in [2.05, 4.69) is 45.3 Å². The van der Waals surface area contributed by atoms with Gasteiger partial charge < -0.3 is 15.1 Å². The fourth-order valence-electron chi connectivity index (χ4n) is 2.44. The molecule has 0 aliphatic heterocycles. The second-order valence-corrected chi connectivity index (χ2v) is 6.29. The number of guanidine groups is 1. The van der Waals surface area contributed by atoms with Gasteiger partial charge in [-0.25, -0.2) is 0 Å². The first-order chi connectivity index (χ1) is 11.3. The summed E-state index contributed by atoms with van der Waals surface area (Å²) in [5, 5.41) is 9.92. The summed E-state index contributed by atoms with van der Waals surface area (Å²) in [6, 6.07) is 14.4. The van der Waals surface area contributed by atoms with Gasteiger partial charge >= 0.3 is 0 Å². The Hall–Kier alpha value is -1.54. The van der Waals surface area contributed by atoms with E-state index in [1.807, 2.05) is 18.2 Å². The monoisotopic (exact) mass is 455 g/mol. The van der Waals surface area contributed by atoms with Crippen LogP contribution in [0.4, 0.5) is 0 Å². The van der Waals surface area contributed by atoms with Crippen LogP contribution in [0.15, 0.2) is 57.3 Å². The number of rotatable bonds is 6. The summed E-state index contributed by atoms with van der Waals surface area (Å²) >= 11 is 1.79. The van der Waals surface area contributed by atoms with E-state index >= 15 is 0 Å². The number of para-hydroxylation sites is 1. The lowest BCUT2D eigenvalue weighted by Gasteiger charge is -2.10. The third kappa shape index (κ3) is 5.24. The molecule has 4 nitrogen and oxygen atoms in total. The van der Waals surface area contributed by atoms with Gasteiger partial charge in [0.25, 0.3) is 0 Å².